The van der Waals surface area contributed by atoms with Crippen LogP contribution in [0.2, 0.25) is 0 Å². The molecule has 0 aromatic heterocycles. The van der Waals surface area contributed by atoms with Crippen molar-refractivity contribution in [2.45, 2.75) is 107 Å². The number of carboxylic acid groups (broad SMARTS) is 1. The van der Waals surface area contributed by atoms with E-state index >= 15 is 8.78 Å². The van der Waals surface area contributed by atoms with Crippen LogP contribution in [0.3, 0.4) is 0 Å². The zero-order chi connectivity index (χ0) is 27.9. The number of hydrogen-bond acceptors (Lipinski definition) is 4. The normalized spacial score (nSPS) is 27.6. The van der Waals surface area contributed by atoms with Crippen LogP contribution in [0, 0.1) is 11.7 Å². The lowest BCUT2D eigenvalue weighted by atomic mass is 9.76. The topological polar surface area (TPSA) is 75.6 Å². The molecule has 2 aromatic rings. The maximum Gasteiger partial charge on any atom is 0.307 e. The van der Waals surface area contributed by atoms with E-state index < -0.39 is 11.6 Å². The summed E-state index contributed by atoms with van der Waals surface area (Å²) in [5.74, 6) is -0.629. The number of aliphatic carboxylic acids is 1. The van der Waals surface area contributed by atoms with Gasteiger partial charge in [0.05, 0.1) is 12.5 Å². The largest absolute Gasteiger partial charge is 0.490 e. The molecule has 1 aliphatic heterocycles. The maximum absolute atomic E-state index is 15.7. The summed E-state index contributed by atoms with van der Waals surface area (Å²) in [4.78, 5) is 24.6. The minimum absolute atomic E-state index is 0.0692. The van der Waals surface area contributed by atoms with Crippen molar-refractivity contribution in [1.29, 1.82) is 0 Å². The second-order valence-corrected chi connectivity index (χ2v) is 12.8. The standard InChI is InChI=1S/C33H39F2NO4/c34-27-8-4-7-25(31(27)23-5-3-6-23)26-16-22(18-30(38)39)10-12-28(26)40-24-11-9-21(15-24)17-29(37)33(35)19-32(36-20-33)13-1-2-14-32/h4,7-8,10,12,16,21,23-24,36H,1-3,5-6,9,11,13-15,17-20H2,(H,38,39)/t21-,24-,33-/m1/s1. The summed E-state index contributed by atoms with van der Waals surface area (Å²) >= 11 is 0. The monoisotopic (exact) mass is 551 g/mol. The molecule has 3 aliphatic carbocycles. The number of benzene rings is 2. The average Bonchev–Trinajstić information content (AvgIpc) is 3.61. The Kier molecular flexibility index (Phi) is 7.45. The molecule has 0 amide bonds. The van der Waals surface area contributed by atoms with Crippen LogP contribution in [-0.2, 0) is 16.0 Å². The Morgan fingerprint density at radius 3 is 2.55 bits per heavy atom. The van der Waals surface area contributed by atoms with E-state index in [1.165, 1.54) is 6.07 Å². The Morgan fingerprint density at radius 1 is 1.02 bits per heavy atom. The third kappa shape index (κ3) is 5.41. The van der Waals surface area contributed by atoms with Crippen LogP contribution in [0.4, 0.5) is 8.78 Å². The van der Waals surface area contributed by atoms with Crippen molar-refractivity contribution in [2.75, 3.05) is 6.54 Å². The highest BCUT2D eigenvalue weighted by Crippen LogP contribution is 2.46. The Hall–Kier alpha value is -2.80. The van der Waals surface area contributed by atoms with Gasteiger partial charge in [-0.1, -0.05) is 37.5 Å². The molecule has 3 atom stereocenters. The first-order valence-electron chi connectivity index (χ1n) is 15.0. The number of halogens is 2. The summed E-state index contributed by atoms with van der Waals surface area (Å²) in [5, 5.41) is 12.7. The lowest BCUT2D eigenvalue weighted by Crippen LogP contribution is -2.37. The molecule has 5 nitrogen and oxygen atoms in total. The van der Waals surface area contributed by atoms with E-state index in [-0.39, 0.29) is 54.5 Å². The maximum atomic E-state index is 15.7. The Labute approximate surface area is 234 Å². The Bertz CT molecular complexity index is 1290. The van der Waals surface area contributed by atoms with Crippen LogP contribution in [-0.4, -0.2) is 40.7 Å². The van der Waals surface area contributed by atoms with E-state index in [0.29, 0.717) is 35.3 Å². The summed E-state index contributed by atoms with van der Waals surface area (Å²) in [6, 6.07) is 10.4. The van der Waals surface area contributed by atoms with Crippen molar-refractivity contribution in [3.05, 3.63) is 53.3 Å². The summed E-state index contributed by atoms with van der Waals surface area (Å²) in [6.45, 7) is 0.126. The highest BCUT2D eigenvalue weighted by molar-refractivity contribution is 5.88. The molecular formula is C33H39F2NO4. The van der Waals surface area contributed by atoms with Crippen LogP contribution in [0.5, 0.6) is 5.75 Å². The lowest BCUT2D eigenvalue weighted by molar-refractivity contribution is -0.136. The number of hydrogen-bond donors (Lipinski definition) is 2. The Balaban J connectivity index is 1.18. The second kappa shape index (κ2) is 10.9. The minimum Gasteiger partial charge on any atom is -0.490 e. The Morgan fingerprint density at radius 2 is 1.82 bits per heavy atom. The molecule has 6 rings (SSSR count). The van der Waals surface area contributed by atoms with Gasteiger partial charge >= 0.3 is 5.97 Å². The molecule has 214 valence electrons. The molecule has 0 bridgehead atoms. The fourth-order valence-corrected chi connectivity index (χ4v) is 7.60. The van der Waals surface area contributed by atoms with Gasteiger partial charge < -0.3 is 15.2 Å². The van der Waals surface area contributed by atoms with Gasteiger partial charge in [0.2, 0.25) is 0 Å². The number of carbonyl (C=O) groups is 2. The van der Waals surface area contributed by atoms with E-state index in [1.807, 2.05) is 12.1 Å². The molecule has 4 aliphatic rings. The zero-order valence-electron chi connectivity index (χ0n) is 23.0. The lowest BCUT2D eigenvalue weighted by Gasteiger charge is -2.29. The smallest absolute Gasteiger partial charge is 0.307 e. The van der Waals surface area contributed by atoms with Crippen molar-refractivity contribution in [1.82, 2.24) is 5.32 Å². The fraction of sp³-hybridized carbons (Fsp3) is 0.576. The number of ether oxygens (including phenoxy) is 1. The van der Waals surface area contributed by atoms with Gasteiger partial charge in [-0.15, -0.1) is 0 Å². The first kappa shape index (κ1) is 27.4. The van der Waals surface area contributed by atoms with Gasteiger partial charge in [0.25, 0.3) is 0 Å². The van der Waals surface area contributed by atoms with Crippen molar-refractivity contribution in [2.24, 2.45) is 5.92 Å². The zero-order valence-corrected chi connectivity index (χ0v) is 23.0. The highest BCUT2D eigenvalue weighted by Gasteiger charge is 2.53. The van der Waals surface area contributed by atoms with Crippen LogP contribution in [0.15, 0.2) is 36.4 Å². The number of alkyl halides is 1. The molecule has 40 heavy (non-hydrogen) atoms. The van der Waals surface area contributed by atoms with Gasteiger partial charge in [-0.25, -0.2) is 8.78 Å². The van der Waals surface area contributed by atoms with Gasteiger partial charge in [0.15, 0.2) is 11.5 Å². The predicted octanol–water partition coefficient (Wildman–Crippen LogP) is 6.91. The molecule has 2 aromatic carbocycles. The molecule has 0 radical (unpaired) electrons. The van der Waals surface area contributed by atoms with Crippen molar-refractivity contribution in [3.8, 4) is 16.9 Å². The molecule has 1 spiro atoms. The number of ketones is 1. The third-order valence-corrected chi connectivity index (χ3v) is 9.94. The molecule has 3 saturated carbocycles. The predicted molar refractivity (Wildman–Crippen MR) is 149 cm³/mol. The van der Waals surface area contributed by atoms with Gasteiger partial charge in [-0.05, 0) is 91.7 Å². The molecule has 4 fully saturated rings. The number of Topliss-reactive ketones (excluding diaryl/α,β-unsaturated/α-hetero) is 1. The van der Waals surface area contributed by atoms with Crippen LogP contribution in [0.1, 0.15) is 94.1 Å². The highest BCUT2D eigenvalue weighted by atomic mass is 19.1. The van der Waals surface area contributed by atoms with Crippen molar-refractivity contribution < 1.29 is 28.2 Å². The van der Waals surface area contributed by atoms with E-state index in [9.17, 15) is 14.7 Å². The number of nitrogens with one attached hydrogen (secondary N) is 1. The van der Waals surface area contributed by atoms with Crippen LogP contribution < -0.4 is 10.1 Å². The van der Waals surface area contributed by atoms with E-state index in [2.05, 4.69) is 5.32 Å². The number of rotatable bonds is 9. The summed E-state index contributed by atoms with van der Waals surface area (Å²) in [5.41, 5.74) is 0.814. The average molecular weight is 552 g/mol. The molecular weight excluding hydrogens is 512 g/mol. The second-order valence-electron chi connectivity index (χ2n) is 12.8. The van der Waals surface area contributed by atoms with Crippen LogP contribution in [0.25, 0.3) is 11.1 Å². The van der Waals surface area contributed by atoms with Gasteiger partial charge in [0, 0.05) is 30.5 Å². The van der Waals surface area contributed by atoms with Gasteiger partial charge in [-0.3, -0.25) is 9.59 Å². The molecule has 1 heterocycles. The first-order chi connectivity index (χ1) is 19.2. The quantitative estimate of drug-likeness (QED) is 0.354. The number of carbonyl (C=O) groups excluding carboxylic acids is 1. The number of carboxylic acids is 1. The minimum atomic E-state index is -1.77. The molecule has 2 N–H and O–H groups in total. The van der Waals surface area contributed by atoms with Crippen molar-refractivity contribution >= 4 is 11.8 Å². The molecule has 7 heteroatoms. The first-order valence-corrected chi connectivity index (χ1v) is 15.0. The van der Waals surface area contributed by atoms with E-state index in [4.69, 9.17) is 4.74 Å². The van der Waals surface area contributed by atoms with Gasteiger partial charge in [-0.2, -0.15) is 0 Å². The third-order valence-electron chi connectivity index (χ3n) is 9.94. The van der Waals surface area contributed by atoms with E-state index in [1.54, 1.807) is 18.2 Å². The fourth-order valence-electron chi connectivity index (χ4n) is 7.60. The molecule has 0 unspecified atom stereocenters. The van der Waals surface area contributed by atoms with Crippen molar-refractivity contribution in [3.63, 3.8) is 0 Å². The summed E-state index contributed by atoms with van der Waals surface area (Å²) < 4.78 is 37.3. The molecule has 1 saturated heterocycles. The van der Waals surface area contributed by atoms with E-state index in [0.717, 1.165) is 63.4 Å². The summed E-state index contributed by atoms with van der Waals surface area (Å²) in [7, 11) is 0. The van der Waals surface area contributed by atoms with Crippen LogP contribution >= 0.6 is 0 Å². The summed E-state index contributed by atoms with van der Waals surface area (Å²) in [6.07, 6.45) is 9.51. The SMILES string of the molecule is O=C(O)Cc1ccc(O[C@@H]2CC[C@@H](CC(=O)[C@]3(F)CNC4(CCCC4)C3)C2)c(-c2cccc(F)c2C2CCC2)c1. The van der Waals surface area contributed by atoms with Gasteiger partial charge in [0.1, 0.15) is 11.6 Å².